The van der Waals surface area contributed by atoms with Crippen LogP contribution in [0.4, 0.5) is 5.69 Å². The van der Waals surface area contributed by atoms with Gasteiger partial charge in [0.1, 0.15) is 5.75 Å². The van der Waals surface area contributed by atoms with Gasteiger partial charge in [-0.2, -0.15) is 5.26 Å². The Morgan fingerprint density at radius 2 is 1.88 bits per heavy atom. The number of hydrogen-bond donors (Lipinski definition) is 1. The molecule has 0 saturated carbocycles. The number of benzene rings is 2. The Morgan fingerprint density at radius 1 is 1.15 bits per heavy atom. The molecule has 0 heterocycles. The highest BCUT2D eigenvalue weighted by Crippen LogP contribution is 2.19. The minimum Gasteiger partial charge on any atom is -0.493 e. The smallest absolute Gasteiger partial charge is 0.331 e. The first-order chi connectivity index (χ1) is 12.6. The number of nitrogens with zero attached hydrogens (tertiary/aromatic N) is 1. The molecule has 6 nitrogen and oxygen atoms in total. The van der Waals surface area contributed by atoms with E-state index in [-0.39, 0.29) is 0 Å². The minimum atomic E-state index is -0.633. The largest absolute Gasteiger partial charge is 0.493 e. The zero-order chi connectivity index (χ0) is 18.8. The van der Waals surface area contributed by atoms with Crippen LogP contribution in [0.1, 0.15) is 18.1 Å². The van der Waals surface area contributed by atoms with Crippen LogP contribution < -0.4 is 10.1 Å². The van der Waals surface area contributed by atoms with Gasteiger partial charge in [-0.3, -0.25) is 4.79 Å². The van der Waals surface area contributed by atoms with E-state index in [9.17, 15) is 9.59 Å². The van der Waals surface area contributed by atoms with E-state index in [2.05, 4.69) is 5.32 Å². The van der Waals surface area contributed by atoms with Gasteiger partial charge in [0.05, 0.1) is 18.2 Å². The Bertz CT molecular complexity index is 836. The second-order valence-electron chi connectivity index (χ2n) is 5.15. The summed E-state index contributed by atoms with van der Waals surface area (Å²) in [6.45, 7) is 1.99. The van der Waals surface area contributed by atoms with Gasteiger partial charge in [-0.15, -0.1) is 0 Å². The molecule has 0 bridgehead atoms. The summed E-state index contributed by atoms with van der Waals surface area (Å²) in [7, 11) is 0. The third-order valence-electron chi connectivity index (χ3n) is 3.26. The van der Waals surface area contributed by atoms with Crippen LogP contribution in [0.5, 0.6) is 5.75 Å². The highest BCUT2D eigenvalue weighted by atomic mass is 16.5. The van der Waals surface area contributed by atoms with Gasteiger partial charge in [0.15, 0.2) is 6.61 Å². The topological polar surface area (TPSA) is 88.4 Å². The average molecular weight is 350 g/mol. The second kappa shape index (κ2) is 9.64. The van der Waals surface area contributed by atoms with Crippen LogP contribution in [-0.2, 0) is 14.3 Å². The summed E-state index contributed by atoms with van der Waals surface area (Å²) in [5.74, 6) is -0.435. The molecular formula is C20H18N2O4. The van der Waals surface area contributed by atoms with Crippen LogP contribution in [0, 0.1) is 11.3 Å². The maximum Gasteiger partial charge on any atom is 0.331 e. The van der Waals surface area contributed by atoms with Crippen molar-refractivity contribution in [1.29, 1.82) is 5.26 Å². The van der Waals surface area contributed by atoms with E-state index in [1.54, 1.807) is 36.4 Å². The third-order valence-corrected chi connectivity index (χ3v) is 3.26. The molecule has 0 unspecified atom stereocenters. The lowest BCUT2D eigenvalue weighted by Crippen LogP contribution is -2.20. The van der Waals surface area contributed by atoms with Crippen molar-refractivity contribution in [2.75, 3.05) is 18.5 Å². The summed E-state index contributed by atoms with van der Waals surface area (Å²) in [5.41, 5.74) is 1.76. The van der Waals surface area contributed by atoms with E-state index in [1.807, 2.05) is 31.2 Å². The van der Waals surface area contributed by atoms with Crippen LogP contribution >= 0.6 is 0 Å². The molecule has 1 N–H and O–H groups in total. The molecule has 1 amide bonds. The summed E-state index contributed by atoms with van der Waals surface area (Å²) in [6, 6.07) is 15.6. The predicted octanol–water partition coefficient (Wildman–Crippen LogP) is 3.15. The normalized spacial score (nSPS) is 10.2. The molecule has 0 fully saturated rings. The fourth-order valence-corrected chi connectivity index (χ4v) is 2.07. The van der Waals surface area contributed by atoms with E-state index in [1.165, 1.54) is 6.08 Å². The highest BCUT2D eigenvalue weighted by molar-refractivity contribution is 5.94. The van der Waals surface area contributed by atoms with Crippen molar-refractivity contribution in [3.05, 3.63) is 65.7 Å². The van der Waals surface area contributed by atoms with Gasteiger partial charge in [-0.05, 0) is 43.3 Å². The van der Waals surface area contributed by atoms with Crippen molar-refractivity contribution in [3.63, 3.8) is 0 Å². The molecule has 132 valence electrons. The van der Waals surface area contributed by atoms with Crippen molar-refractivity contribution in [2.45, 2.75) is 6.92 Å². The number of carbonyl (C=O) groups is 2. The molecule has 0 aliphatic heterocycles. The van der Waals surface area contributed by atoms with Crippen molar-refractivity contribution in [3.8, 4) is 11.8 Å². The van der Waals surface area contributed by atoms with Gasteiger partial charge >= 0.3 is 5.97 Å². The monoisotopic (exact) mass is 350 g/mol. The fourth-order valence-electron chi connectivity index (χ4n) is 2.07. The molecule has 26 heavy (non-hydrogen) atoms. The van der Waals surface area contributed by atoms with Gasteiger partial charge in [0.2, 0.25) is 0 Å². The van der Waals surface area contributed by atoms with E-state index < -0.39 is 18.5 Å². The first-order valence-electron chi connectivity index (χ1n) is 7.99. The van der Waals surface area contributed by atoms with Gasteiger partial charge in [-0.25, -0.2) is 4.79 Å². The van der Waals surface area contributed by atoms with Crippen LogP contribution in [0.15, 0.2) is 54.6 Å². The average Bonchev–Trinajstić information content (AvgIpc) is 2.66. The van der Waals surface area contributed by atoms with E-state index >= 15 is 0 Å². The first kappa shape index (κ1) is 18.7. The molecule has 0 atom stereocenters. The molecule has 0 aromatic heterocycles. The number of para-hydroxylation sites is 1. The molecule has 0 spiro atoms. The lowest BCUT2D eigenvalue weighted by Gasteiger charge is -2.06. The molecule has 6 heteroatoms. The molecule has 2 rings (SSSR count). The number of amides is 1. The standard InChI is InChI=1S/C20H18N2O4/c1-2-25-18-6-4-3-5-16(18)9-12-20(24)26-14-19(23)22-17-10-7-15(13-21)8-11-17/h3-12H,2,14H2,1H3,(H,22,23). The predicted molar refractivity (Wildman–Crippen MR) is 97.4 cm³/mol. The van der Waals surface area contributed by atoms with Crippen LogP contribution in [0.25, 0.3) is 6.08 Å². The second-order valence-corrected chi connectivity index (χ2v) is 5.15. The Hall–Kier alpha value is -3.59. The lowest BCUT2D eigenvalue weighted by atomic mass is 10.2. The molecule has 2 aromatic rings. The van der Waals surface area contributed by atoms with Gasteiger partial charge in [0, 0.05) is 17.3 Å². The van der Waals surface area contributed by atoms with E-state index in [0.29, 0.717) is 23.6 Å². The summed E-state index contributed by atoms with van der Waals surface area (Å²) >= 11 is 0. The quantitative estimate of drug-likeness (QED) is 0.612. The highest BCUT2D eigenvalue weighted by Gasteiger charge is 2.06. The number of nitrogens with one attached hydrogen (secondary N) is 1. The van der Waals surface area contributed by atoms with Crippen LogP contribution in [-0.4, -0.2) is 25.1 Å². The first-order valence-corrected chi connectivity index (χ1v) is 7.99. The number of carbonyl (C=O) groups excluding carboxylic acids is 2. The van der Waals surface area contributed by atoms with Crippen LogP contribution in [0.2, 0.25) is 0 Å². The summed E-state index contributed by atoms with van der Waals surface area (Å²) in [4.78, 5) is 23.5. The SMILES string of the molecule is CCOc1ccccc1C=CC(=O)OCC(=O)Nc1ccc(C#N)cc1. The Labute approximate surface area is 151 Å². The van der Waals surface area contributed by atoms with Crippen molar-refractivity contribution >= 4 is 23.6 Å². The molecule has 0 radical (unpaired) electrons. The number of ether oxygens (including phenoxy) is 2. The van der Waals surface area contributed by atoms with E-state index in [0.717, 1.165) is 5.56 Å². The summed E-state index contributed by atoms with van der Waals surface area (Å²) < 4.78 is 10.4. The lowest BCUT2D eigenvalue weighted by molar-refractivity contribution is -0.142. The number of nitriles is 1. The molecule has 2 aromatic carbocycles. The Morgan fingerprint density at radius 3 is 2.58 bits per heavy atom. The molecule has 0 aliphatic carbocycles. The van der Waals surface area contributed by atoms with Crippen molar-refractivity contribution < 1.29 is 19.1 Å². The van der Waals surface area contributed by atoms with Crippen molar-refractivity contribution in [2.24, 2.45) is 0 Å². The van der Waals surface area contributed by atoms with Gasteiger partial charge in [0.25, 0.3) is 5.91 Å². The number of rotatable bonds is 7. The Kier molecular flexibility index (Phi) is 6.95. The van der Waals surface area contributed by atoms with Gasteiger partial charge in [-0.1, -0.05) is 18.2 Å². The van der Waals surface area contributed by atoms with Gasteiger partial charge < -0.3 is 14.8 Å². The third kappa shape index (κ3) is 5.80. The zero-order valence-electron chi connectivity index (χ0n) is 14.3. The fraction of sp³-hybridized carbons (Fsp3) is 0.150. The zero-order valence-corrected chi connectivity index (χ0v) is 14.3. The summed E-state index contributed by atoms with van der Waals surface area (Å²) in [6.07, 6.45) is 2.82. The van der Waals surface area contributed by atoms with Crippen molar-refractivity contribution in [1.82, 2.24) is 0 Å². The maximum atomic E-state index is 11.8. The Balaban J connectivity index is 1.84. The molecule has 0 aliphatic rings. The maximum absolute atomic E-state index is 11.8. The van der Waals surface area contributed by atoms with E-state index in [4.69, 9.17) is 14.7 Å². The number of hydrogen-bond acceptors (Lipinski definition) is 5. The number of anilines is 1. The number of esters is 1. The molecule has 0 saturated heterocycles. The summed E-state index contributed by atoms with van der Waals surface area (Å²) in [5, 5.41) is 11.3. The minimum absolute atomic E-state index is 0.406. The molecular weight excluding hydrogens is 332 g/mol. The van der Waals surface area contributed by atoms with Crippen LogP contribution in [0.3, 0.4) is 0 Å².